The number of aromatic nitrogens is 2. The molecule has 1 aromatic rings. The SMILES string of the molecule is C=C(Cl)CNc1ncc(C)cn1. The molecule has 0 saturated heterocycles. The monoisotopic (exact) mass is 183 g/mol. The lowest BCUT2D eigenvalue weighted by Gasteiger charge is -2.01. The van der Waals surface area contributed by atoms with E-state index >= 15 is 0 Å². The van der Waals surface area contributed by atoms with Gasteiger partial charge in [-0.1, -0.05) is 18.2 Å². The molecule has 0 unspecified atom stereocenters. The molecule has 0 fully saturated rings. The van der Waals surface area contributed by atoms with E-state index in [4.69, 9.17) is 11.6 Å². The van der Waals surface area contributed by atoms with E-state index in [0.717, 1.165) is 5.56 Å². The lowest BCUT2D eigenvalue weighted by molar-refractivity contribution is 1.09. The van der Waals surface area contributed by atoms with Crippen molar-refractivity contribution in [1.82, 2.24) is 9.97 Å². The predicted molar refractivity (Wildman–Crippen MR) is 50.3 cm³/mol. The number of halogens is 1. The number of hydrogen-bond donors (Lipinski definition) is 1. The molecule has 0 atom stereocenters. The van der Waals surface area contributed by atoms with Crippen molar-refractivity contribution in [3.05, 3.63) is 29.6 Å². The minimum atomic E-state index is 0.491. The Balaban J connectivity index is 2.53. The van der Waals surface area contributed by atoms with Crippen molar-refractivity contribution in [2.45, 2.75) is 6.92 Å². The van der Waals surface area contributed by atoms with Crippen LogP contribution in [-0.2, 0) is 0 Å². The van der Waals surface area contributed by atoms with Gasteiger partial charge in [0.05, 0.1) is 6.54 Å². The van der Waals surface area contributed by atoms with Gasteiger partial charge in [-0.3, -0.25) is 0 Å². The van der Waals surface area contributed by atoms with Crippen molar-refractivity contribution in [2.75, 3.05) is 11.9 Å². The Hall–Kier alpha value is -1.09. The van der Waals surface area contributed by atoms with Crippen LogP contribution in [0.4, 0.5) is 5.95 Å². The molecule has 0 bridgehead atoms. The fourth-order valence-corrected chi connectivity index (χ4v) is 0.726. The minimum absolute atomic E-state index is 0.491. The molecule has 0 spiro atoms. The maximum absolute atomic E-state index is 5.55. The number of aryl methyl sites for hydroxylation is 1. The molecule has 0 radical (unpaired) electrons. The van der Waals surface area contributed by atoms with Gasteiger partial charge in [-0.2, -0.15) is 0 Å². The maximum Gasteiger partial charge on any atom is 0.222 e. The molecule has 0 amide bonds. The van der Waals surface area contributed by atoms with E-state index in [1.54, 1.807) is 12.4 Å². The molecule has 0 aliphatic rings. The first-order valence-corrected chi connectivity index (χ1v) is 3.92. The van der Waals surface area contributed by atoms with Crippen molar-refractivity contribution in [3.8, 4) is 0 Å². The van der Waals surface area contributed by atoms with Crippen LogP contribution in [0, 0.1) is 6.92 Å². The number of nitrogens with one attached hydrogen (secondary N) is 1. The van der Waals surface area contributed by atoms with E-state index in [1.165, 1.54) is 0 Å². The topological polar surface area (TPSA) is 37.8 Å². The molecule has 1 N–H and O–H groups in total. The molecule has 3 nitrogen and oxygen atoms in total. The Kier molecular flexibility index (Phi) is 3.05. The minimum Gasteiger partial charge on any atom is -0.349 e. The summed E-state index contributed by atoms with van der Waals surface area (Å²) in [6, 6.07) is 0. The Bertz CT molecular complexity index is 268. The van der Waals surface area contributed by atoms with Gasteiger partial charge >= 0.3 is 0 Å². The van der Waals surface area contributed by atoms with Crippen LogP contribution >= 0.6 is 11.6 Å². The third-order valence-corrected chi connectivity index (χ3v) is 1.35. The third-order valence-electron chi connectivity index (χ3n) is 1.22. The van der Waals surface area contributed by atoms with Crippen LogP contribution in [-0.4, -0.2) is 16.5 Å². The summed E-state index contributed by atoms with van der Waals surface area (Å²) in [6.07, 6.45) is 3.48. The van der Waals surface area contributed by atoms with Crippen LogP contribution in [0.15, 0.2) is 24.0 Å². The third kappa shape index (κ3) is 2.88. The van der Waals surface area contributed by atoms with E-state index in [0.29, 0.717) is 17.5 Å². The zero-order valence-electron chi connectivity index (χ0n) is 6.84. The average Bonchev–Trinajstić information content (AvgIpc) is 2.03. The van der Waals surface area contributed by atoms with Crippen molar-refractivity contribution < 1.29 is 0 Å². The molecule has 0 aliphatic carbocycles. The molecule has 1 heterocycles. The summed E-state index contributed by atoms with van der Waals surface area (Å²) in [5.74, 6) is 0.572. The highest BCUT2D eigenvalue weighted by molar-refractivity contribution is 6.29. The van der Waals surface area contributed by atoms with Crippen LogP contribution in [0.1, 0.15) is 5.56 Å². The largest absolute Gasteiger partial charge is 0.349 e. The summed E-state index contributed by atoms with van der Waals surface area (Å²) in [7, 11) is 0. The molecule has 0 saturated carbocycles. The molecule has 0 aliphatic heterocycles. The average molecular weight is 184 g/mol. The van der Waals surface area contributed by atoms with Gasteiger partial charge in [0.15, 0.2) is 0 Å². The van der Waals surface area contributed by atoms with E-state index < -0.39 is 0 Å². The second kappa shape index (κ2) is 4.07. The highest BCUT2D eigenvalue weighted by Gasteiger charge is 1.93. The Morgan fingerprint density at radius 2 is 2.17 bits per heavy atom. The van der Waals surface area contributed by atoms with E-state index in [-0.39, 0.29) is 0 Å². The first-order chi connectivity index (χ1) is 5.68. The molecular formula is C8H10ClN3. The summed E-state index contributed by atoms with van der Waals surface area (Å²) in [5.41, 5.74) is 1.03. The first-order valence-electron chi connectivity index (χ1n) is 3.54. The summed E-state index contributed by atoms with van der Waals surface area (Å²) in [6.45, 7) is 5.96. The van der Waals surface area contributed by atoms with Crippen LogP contribution < -0.4 is 5.32 Å². The molecule has 0 aromatic carbocycles. The summed E-state index contributed by atoms with van der Waals surface area (Å²) < 4.78 is 0. The highest BCUT2D eigenvalue weighted by Crippen LogP contribution is 2.01. The van der Waals surface area contributed by atoms with E-state index in [9.17, 15) is 0 Å². The van der Waals surface area contributed by atoms with Gasteiger partial charge in [-0.15, -0.1) is 0 Å². The number of anilines is 1. The van der Waals surface area contributed by atoms with Crippen molar-refractivity contribution in [1.29, 1.82) is 0 Å². The number of rotatable bonds is 3. The smallest absolute Gasteiger partial charge is 0.222 e. The molecule has 1 aromatic heterocycles. The Labute approximate surface area is 76.5 Å². The Morgan fingerprint density at radius 3 is 2.67 bits per heavy atom. The van der Waals surface area contributed by atoms with Crippen LogP contribution in [0.3, 0.4) is 0 Å². The lowest BCUT2D eigenvalue weighted by Crippen LogP contribution is -2.04. The lowest BCUT2D eigenvalue weighted by atomic mass is 10.4. The van der Waals surface area contributed by atoms with E-state index in [1.807, 2.05) is 6.92 Å². The van der Waals surface area contributed by atoms with Gasteiger partial charge < -0.3 is 5.32 Å². The van der Waals surface area contributed by atoms with Crippen molar-refractivity contribution in [3.63, 3.8) is 0 Å². The summed E-state index contributed by atoms with van der Waals surface area (Å²) in [4.78, 5) is 8.06. The fourth-order valence-electron chi connectivity index (χ4n) is 0.659. The second-order valence-electron chi connectivity index (χ2n) is 2.45. The van der Waals surface area contributed by atoms with Crippen LogP contribution in [0.2, 0.25) is 0 Å². The molecular weight excluding hydrogens is 174 g/mol. The normalized spacial score (nSPS) is 9.50. The Morgan fingerprint density at radius 1 is 1.58 bits per heavy atom. The summed E-state index contributed by atoms with van der Waals surface area (Å²) >= 11 is 5.55. The first kappa shape index (κ1) is 9.00. The zero-order valence-corrected chi connectivity index (χ0v) is 7.60. The van der Waals surface area contributed by atoms with Gasteiger partial charge in [-0.05, 0) is 12.5 Å². The molecule has 1 rings (SSSR count). The van der Waals surface area contributed by atoms with Gasteiger partial charge in [-0.25, -0.2) is 9.97 Å². The number of nitrogens with zero attached hydrogens (tertiary/aromatic N) is 2. The highest BCUT2D eigenvalue weighted by atomic mass is 35.5. The molecule has 12 heavy (non-hydrogen) atoms. The fraction of sp³-hybridized carbons (Fsp3) is 0.250. The van der Waals surface area contributed by atoms with Gasteiger partial charge in [0.1, 0.15) is 0 Å². The summed E-state index contributed by atoms with van der Waals surface area (Å²) in [5, 5.41) is 3.46. The van der Waals surface area contributed by atoms with Gasteiger partial charge in [0.2, 0.25) is 5.95 Å². The standard InChI is InChI=1S/C8H10ClN3/c1-6-3-10-8(11-4-6)12-5-7(2)9/h3-4H,2,5H2,1H3,(H,10,11,12). The molecule has 64 valence electrons. The van der Waals surface area contributed by atoms with Gasteiger partial charge in [0.25, 0.3) is 0 Å². The van der Waals surface area contributed by atoms with Crippen molar-refractivity contribution in [2.24, 2.45) is 0 Å². The second-order valence-corrected chi connectivity index (χ2v) is 2.99. The quantitative estimate of drug-likeness (QED) is 0.779. The van der Waals surface area contributed by atoms with Crippen LogP contribution in [0.25, 0.3) is 0 Å². The predicted octanol–water partition coefficient (Wildman–Crippen LogP) is 1.95. The molecule has 4 heteroatoms. The number of hydrogen-bond acceptors (Lipinski definition) is 3. The van der Waals surface area contributed by atoms with Gasteiger partial charge in [0, 0.05) is 17.4 Å². The van der Waals surface area contributed by atoms with Crippen molar-refractivity contribution >= 4 is 17.5 Å². The maximum atomic E-state index is 5.55. The zero-order chi connectivity index (χ0) is 8.97. The van der Waals surface area contributed by atoms with E-state index in [2.05, 4.69) is 21.9 Å². The van der Waals surface area contributed by atoms with Crippen LogP contribution in [0.5, 0.6) is 0 Å².